The quantitative estimate of drug-likeness (QED) is 0.669. The monoisotopic (exact) mass is 187 g/mol. The van der Waals surface area contributed by atoms with Crippen molar-refractivity contribution in [1.82, 2.24) is 0 Å². The van der Waals surface area contributed by atoms with Crippen molar-refractivity contribution in [2.45, 2.75) is 30.7 Å². The Labute approximate surface area is 83.1 Å². The number of benzene rings is 1. The molecule has 0 saturated heterocycles. The second-order valence-corrected chi connectivity index (χ2v) is 4.36. The zero-order chi connectivity index (χ0) is 9.71. The average molecular weight is 187 g/mol. The lowest BCUT2D eigenvalue weighted by molar-refractivity contribution is -0.123. The third-order valence-corrected chi connectivity index (χ3v) is 3.61. The molecule has 2 bridgehead atoms. The van der Waals surface area contributed by atoms with Crippen LogP contribution in [0.1, 0.15) is 35.8 Å². The summed E-state index contributed by atoms with van der Waals surface area (Å²) in [6.07, 6.45) is 1.50. The molecule has 2 N–H and O–H groups in total. The van der Waals surface area contributed by atoms with Crippen molar-refractivity contribution in [3.63, 3.8) is 0 Å². The highest BCUT2D eigenvalue weighted by molar-refractivity contribution is 5.90. The second-order valence-electron chi connectivity index (χ2n) is 4.36. The molecule has 1 fully saturated rings. The predicted molar refractivity (Wildman–Crippen MR) is 54.1 cm³/mol. The number of hydrogen-bond donors (Lipinski definition) is 1. The largest absolute Gasteiger partial charge is 0.327 e. The van der Waals surface area contributed by atoms with E-state index >= 15 is 0 Å². The van der Waals surface area contributed by atoms with E-state index in [9.17, 15) is 4.79 Å². The van der Waals surface area contributed by atoms with Crippen molar-refractivity contribution in [2.24, 2.45) is 5.73 Å². The molecule has 0 spiro atoms. The van der Waals surface area contributed by atoms with Crippen molar-refractivity contribution in [3.05, 3.63) is 35.4 Å². The molecule has 14 heavy (non-hydrogen) atoms. The summed E-state index contributed by atoms with van der Waals surface area (Å²) in [6, 6.07) is 8.44. The van der Waals surface area contributed by atoms with Gasteiger partial charge in [-0.1, -0.05) is 24.3 Å². The molecular weight excluding hydrogens is 174 g/mol. The van der Waals surface area contributed by atoms with Gasteiger partial charge in [0.05, 0.1) is 0 Å². The molecule has 3 unspecified atom stereocenters. The summed E-state index contributed by atoms with van der Waals surface area (Å²) in [4.78, 5) is 11.7. The van der Waals surface area contributed by atoms with Gasteiger partial charge in [-0.2, -0.15) is 0 Å². The van der Waals surface area contributed by atoms with Crippen LogP contribution in [-0.4, -0.2) is 11.8 Å². The highest BCUT2D eigenvalue weighted by atomic mass is 16.1. The van der Waals surface area contributed by atoms with Crippen LogP contribution in [0.5, 0.6) is 0 Å². The van der Waals surface area contributed by atoms with Crippen LogP contribution in [0.4, 0.5) is 0 Å². The Bertz CT molecular complexity index is 399. The molecule has 72 valence electrons. The lowest BCUT2D eigenvalue weighted by atomic mass is 9.64. The maximum atomic E-state index is 11.7. The zero-order valence-electron chi connectivity index (χ0n) is 7.94. The number of hydrogen-bond acceptors (Lipinski definition) is 2. The van der Waals surface area contributed by atoms with Gasteiger partial charge in [0.15, 0.2) is 0 Å². The maximum absolute atomic E-state index is 11.7. The lowest BCUT2D eigenvalue weighted by Gasteiger charge is -2.41. The Morgan fingerprint density at radius 1 is 1.21 bits per heavy atom. The summed E-state index contributed by atoms with van der Waals surface area (Å²) in [6.45, 7) is 0. The number of Topliss-reactive ketones (excluding diaryl/α,β-unsaturated/α-hetero) is 1. The van der Waals surface area contributed by atoms with Crippen LogP contribution in [0.15, 0.2) is 24.3 Å². The van der Waals surface area contributed by atoms with E-state index in [2.05, 4.69) is 12.1 Å². The maximum Gasteiger partial charge on any atom is 0.141 e. The Balaban J connectivity index is 2.20. The van der Waals surface area contributed by atoms with Crippen molar-refractivity contribution in [1.29, 1.82) is 0 Å². The van der Waals surface area contributed by atoms with Gasteiger partial charge >= 0.3 is 0 Å². The van der Waals surface area contributed by atoms with Gasteiger partial charge < -0.3 is 5.73 Å². The first-order valence-electron chi connectivity index (χ1n) is 5.14. The molecule has 0 aromatic heterocycles. The van der Waals surface area contributed by atoms with Gasteiger partial charge in [0.2, 0.25) is 0 Å². The summed E-state index contributed by atoms with van der Waals surface area (Å²) < 4.78 is 0. The van der Waals surface area contributed by atoms with Crippen LogP contribution >= 0.6 is 0 Å². The van der Waals surface area contributed by atoms with Crippen LogP contribution < -0.4 is 5.73 Å². The fourth-order valence-electron chi connectivity index (χ4n) is 2.89. The highest BCUT2D eigenvalue weighted by Crippen LogP contribution is 2.46. The molecule has 0 amide bonds. The van der Waals surface area contributed by atoms with Gasteiger partial charge in [-0.15, -0.1) is 0 Å². The Morgan fingerprint density at radius 3 is 2.71 bits per heavy atom. The Morgan fingerprint density at radius 2 is 1.93 bits per heavy atom. The first-order valence-corrected chi connectivity index (χ1v) is 5.14. The van der Waals surface area contributed by atoms with E-state index in [-0.39, 0.29) is 17.9 Å². The smallest absolute Gasteiger partial charge is 0.141 e. The molecule has 1 aromatic rings. The minimum absolute atomic E-state index is 0.0891. The Hall–Kier alpha value is -1.15. The molecule has 1 saturated carbocycles. The van der Waals surface area contributed by atoms with Gasteiger partial charge in [-0.25, -0.2) is 0 Å². The topological polar surface area (TPSA) is 43.1 Å². The summed E-state index contributed by atoms with van der Waals surface area (Å²) in [5, 5.41) is 0. The summed E-state index contributed by atoms with van der Waals surface area (Å²) in [7, 11) is 0. The first kappa shape index (κ1) is 8.18. The predicted octanol–water partition coefficient (Wildman–Crippen LogP) is 1.56. The minimum atomic E-state index is 0.0891. The molecule has 2 heteroatoms. The molecular formula is C12H13NO. The van der Waals surface area contributed by atoms with Crippen LogP contribution in [0, 0.1) is 0 Å². The molecule has 3 aliphatic rings. The fourth-order valence-corrected chi connectivity index (χ4v) is 2.89. The number of carbonyl (C=O) groups excluding carboxylic acids is 1. The van der Waals surface area contributed by atoms with Crippen molar-refractivity contribution in [2.75, 3.05) is 0 Å². The van der Waals surface area contributed by atoms with Crippen LogP contribution in [0.25, 0.3) is 0 Å². The molecule has 1 aromatic carbocycles. The number of rotatable bonds is 0. The van der Waals surface area contributed by atoms with Crippen molar-refractivity contribution in [3.8, 4) is 0 Å². The van der Waals surface area contributed by atoms with E-state index in [4.69, 9.17) is 5.73 Å². The van der Waals surface area contributed by atoms with E-state index in [0.717, 1.165) is 6.42 Å². The van der Waals surface area contributed by atoms with Gasteiger partial charge in [-0.3, -0.25) is 4.79 Å². The SMILES string of the molecule is NC1CC2C(=O)CC1c1ccccc12. The number of carbonyl (C=O) groups is 1. The highest BCUT2D eigenvalue weighted by Gasteiger charge is 2.42. The Kier molecular flexibility index (Phi) is 1.56. The van der Waals surface area contributed by atoms with E-state index in [1.54, 1.807) is 0 Å². The fraction of sp³-hybridized carbons (Fsp3) is 0.417. The number of nitrogens with two attached hydrogens (primary N) is 1. The van der Waals surface area contributed by atoms with E-state index < -0.39 is 0 Å². The number of ketones is 1. The van der Waals surface area contributed by atoms with Crippen LogP contribution in [0.2, 0.25) is 0 Å². The van der Waals surface area contributed by atoms with Gasteiger partial charge in [-0.05, 0) is 17.5 Å². The van der Waals surface area contributed by atoms with E-state index in [1.165, 1.54) is 11.1 Å². The summed E-state index contributed by atoms with van der Waals surface area (Å²) in [5.74, 6) is 0.755. The summed E-state index contributed by atoms with van der Waals surface area (Å²) >= 11 is 0. The van der Waals surface area contributed by atoms with Crippen LogP contribution in [-0.2, 0) is 4.79 Å². The molecule has 0 aliphatic heterocycles. The minimum Gasteiger partial charge on any atom is -0.327 e. The van der Waals surface area contributed by atoms with Gasteiger partial charge in [0.25, 0.3) is 0 Å². The first-order chi connectivity index (χ1) is 6.77. The molecule has 0 heterocycles. The lowest BCUT2D eigenvalue weighted by Crippen LogP contribution is -2.43. The van der Waals surface area contributed by atoms with E-state index in [0.29, 0.717) is 12.2 Å². The van der Waals surface area contributed by atoms with Crippen molar-refractivity contribution < 1.29 is 4.79 Å². The summed E-state index contributed by atoms with van der Waals surface area (Å²) in [5.41, 5.74) is 8.59. The molecule has 4 rings (SSSR count). The van der Waals surface area contributed by atoms with Crippen LogP contribution in [0.3, 0.4) is 0 Å². The normalized spacial score (nSPS) is 34.4. The standard InChI is InChI=1S/C12H13NO/c13-11-5-10-8-4-2-1-3-7(8)9(11)6-12(10)14/h1-4,9-11H,5-6,13H2. The molecule has 3 atom stereocenters. The molecule has 0 radical (unpaired) electrons. The van der Waals surface area contributed by atoms with Crippen molar-refractivity contribution >= 4 is 5.78 Å². The van der Waals surface area contributed by atoms with Gasteiger partial charge in [0.1, 0.15) is 5.78 Å². The third kappa shape index (κ3) is 0.919. The van der Waals surface area contributed by atoms with E-state index in [1.807, 2.05) is 12.1 Å². The molecule has 3 aliphatic carbocycles. The molecule has 2 nitrogen and oxygen atoms in total. The third-order valence-electron chi connectivity index (χ3n) is 3.61. The number of fused-ring (bicyclic) bond motifs is 2. The second kappa shape index (κ2) is 2.67. The van der Waals surface area contributed by atoms with Gasteiger partial charge in [0, 0.05) is 24.3 Å². The average Bonchev–Trinajstić information content (AvgIpc) is 2.21. The zero-order valence-corrected chi connectivity index (χ0v) is 7.94.